The first-order chi connectivity index (χ1) is 9.86. The number of hydrogen-bond donors (Lipinski definition) is 0. The molecule has 2 rings (SSSR count). The summed E-state index contributed by atoms with van der Waals surface area (Å²) in [6, 6.07) is 0. The van der Waals surface area contributed by atoms with Crippen LogP contribution in [0.2, 0.25) is 0 Å². The first kappa shape index (κ1) is 16.0. The minimum atomic E-state index is 0.285. The quantitative estimate of drug-likeness (QED) is 0.777. The molecule has 1 saturated carbocycles. The maximum absolute atomic E-state index is 12.4. The maximum Gasteiger partial charge on any atom is 0.137 e. The second-order valence-corrected chi connectivity index (χ2v) is 6.44. The van der Waals surface area contributed by atoms with Gasteiger partial charge in [0.1, 0.15) is 5.78 Å². The fraction of sp³-hybridized carbons (Fsp3) is 0.941. The van der Waals surface area contributed by atoms with Gasteiger partial charge in [0.2, 0.25) is 0 Å². The Morgan fingerprint density at radius 3 is 2.20 bits per heavy atom. The Kier molecular flexibility index (Phi) is 7.60. The van der Waals surface area contributed by atoms with Gasteiger partial charge < -0.3 is 4.74 Å². The number of hydrogen-bond acceptors (Lipinski definition) is 3. The molecule has 0 aromatic rings. The maximum atomic E-state index is 12.4. The van der Waals surface area contributed by atoms with E-state index in [2.05, 4.69) is 4.90 Å². The first-order valence-corrected chi connectivity index (χ1v) is 8.69. The third kappa shape index (κ3) is 5.92. The number of nitrogens with zero attached hydrogens (tertiary/aromatic N) is 1. The predicted octanol–water partition coefficient (Wildman–Crippen LogP) is 3.42. The van der Waals surface area contributed by atoms with Gasteiger partial charge in [-0.1, -0.05) is 44.9 Å². The van der Waals surface area contributed by atoms with Crippen molar-refractivity contribution in [2.24, 2.45) is 5.92 Å². The molecule has 1 atom stereocenters. The normalized spacial score (nSPS) is 28.6. The third-order valence-corrected chi connectivity index (χ3v) is 4.76. The summed E-state index contributed by atoms with van der Waals surface area (Å²) >= 11 is 0. The zero-order chi connectivity index (χ0) is 14.0. The average molecular weight is 281 g/mol. The van der Waals surface area contributed by atoms with Gasteiger partial charge in [-0.15, -0.1) is 0 Å². The van der Waals surface area contributed by atoms with E-state index in [9.17, 15) is 4.79 Å². The molecule has 0 aromatic carbocycles. The summed E-state index contributed by atoms with van der Waals surface area (Å²) in [5.41, 5.74) is 0. The van der Waals surface area contributed by atoms with E-state index >= 15 is 0 Å². The lowest BCUT2D eigenvalue weighted by Gasteiger charge is -2.30. The van der Waals surface area contributed by atoms with Gasteiger partial charge in [0.25, 0.3) is 0 Å². The van der Waals surface area contributed by atoms with Gasteiger partial charge in [0.05, 0.1) is 13.2 Å². The van der Waals surface area contributed by atoms with Crippen LogP contribution < -0.4 is 0 Å². The molecule has 20 heavy (non-hydrogen) atoms. The summed E-state index contributed by atoms with van der Waals surface area (Å²) in [6.07, 6.45) is 12.3. The second kappa shape index (κ2) is 9.51. The predicted molar refractivity (Wildman–Crippen MR) is 81.9 cm³/mol. The van der Waals surface area contributed by atoms with E-state index in [-0.39, 0.29) is 5.92 Å². The Morgan fingerprint density at radius 2 is 1.50 bits per heavy atom. The summed E-state index contributed by atoms with van der Waals surface area (Å²) in [4.78, 5) is 14.9. The highest BCUT2D eigenvalue weighted by Gasteiger charge is 2.22. The third-order valence-electron chi connectivity index (χ3n) is 4.76. The van der Waals surface area contributed by atoms with Crippen LogP contribution in [0.1, 0.15) is 64.2 Å². The second-order valence-electron chi connectivity index (χ2n) is 6.44. The molecule has 0 aromatic heterocycles. The molecule has 1 heterocycles. The van der Waals surface area contributed by atoms with Crippen LogP contribution in [0.15, 0.2) is 0 Å². The zero-order valence-electron chi connectivity index (χ0n) is 12.9. The van der Waals surface area contributed by atoms with Crippen LogP contribution in [0.3, 0.4) is 0 Å². The average Bonchev–Trinajstić information content (AvgIpc) is 2.47. The molecule has 2 aliphatic rings. The van der Waals surface area contributed by atoms with E-state index < -0.39 is 0 Å². The molecule has 0 unspecified atom stereocenters. The van der Waals surface area contributed by atoms with Crippen LogP contribution in [0, 0.1) is 5.92 Å². The van der Waals surface area contributed by atoms with E-state index in [0.29, 0.717) is 5.78 Å². The molecule has 0 bridgehead atoms. The van der Waals surface area contributed by atoms with Crippen molar-refractivity contribution < 1.29 is 9.53 Å². The molecule has 0 spiro atoms. The van der Waals surface area contributed by atoms with E-state index in [1.54, 1.807) is 0 Å². The summed E-state index contributed by atoms with van der Waals surface area (Å²) in [7, 11) is 0. The number of rotatable bonds is 2. The van der Waals surface area contributed by atoms with Crippen LogP contribution in [-0.4, -0.2) is 43.5 Å². The van der Waals surface area contributed by atoms with Crippen LogP contribution in [0.5, 0.6) is 0 Å². The molecule has 1 aliphatic heterocycles. The molecule has 0 amide bonds. The van der Waals surface area contributed by atoms with Gasteiger partial charge >= 0.3 is 0 Å². The van der Waals surface area contributed by atoms with Crippen molar-refractivity contribution in [3.63, 3.8) is 0 Å². The molecule has 2 fully saturated rings. The lowest BCUT2D eigenvalue weighted by Crippen LogP contribution is -2.41. The van der Waals surface area contributed by atoms with Crippen molar-refractivity contribution in [1.29, 1.82) is 0 Å². The molecule has 1 saturated heterocycles. The number of morpholine rings is 1. The molecule has 3 nitrogen and oxygen atoms in total. The standard InChI is InChI=1S/C17H31NO2/c19-17-10-8-6-4-2-1-3-5-7-9-16(17)15-18-11-13-20-14-12-18/h16H,1-15H2/t16-/m0/s1. The molecule has 1 aliphatic carbocycles. The monoisotopic (exact) mass is 281 g/mol. The molecule has 116 valence electrons. The minimum absolute atomic E-state index is 0.285. The number of carbonyl (C=O) groups is 1. The highest BCUT2D eigenvalue weighted by molar-refractivity contribution is 5.81. The van der Waals surface area contributed by atoms with Crippen LogP contribution in [0.4, 0.5) is 0 Å². The number of ketones is 1. The van der Waals surface area contributed by atoms with Crippen molar-refractivity contribution in [3.05, 3.63) is 0 Å². The Balaban J connectivity index is 1.81. The summed E-state index contributed by atoms with van der Waals surface area (Å²) in [5.74, 6) is 0.810. The molecule has 0 N–H and O–H groups in total. The molecular formula is C17H31NO2. The Hall–Kier alpha value is -0.410. The number of Topliss-reactive ketones (excluding diaryl/α,β-unsaturated/α-hetero) is 1. The Morgan fingerprint density at radius 1 is 0.900 bits per heavy atom. The highest BCUT2D eigenvalue weighted by atomic mass is 16.5. The van der Waals surface area contributed by atoms with Crippen molar-refractivity contribution in [3.8, 4) is 0 Å². The first-order valence-electron chi connectivity index (χ1n) is 8.69. The van der Waals surface area contributed by atoms with Crippen molar-refractivity contribution in [1.82, 2.24) is 4.90 Å². The lowest BCUT2D eigenvalue weighted by molar-refractivity contribution is -0.124. The van der Waals surface area contributed by atoms with E-state index in [0.717, 1.165) is 52.1 Å². The SMILES string of the molecule is O=C1CCCCCCCCCC[C@H]1CN1CCOCC1. The summed E-state index contributed by atoms with van der Waals surface area (Å²) in [6.45, 7) is 4.65. The van der Waals surface area contributed by atoms with Gasteiger partial charge in [-0.2, -0.15) is 0 Å². The Bertz CT molecular complexity index is 274. The largest absolute Gasteiger partial charge is 0.379 e. The van der Waals surface area contributed by atoms with Gasteiger partial charge in [0, 0.05) is 32.0 Å². The van der Waals surface area contributed by atoms with E-state index in [1.807, 2.05) is 0 Å². The van der Waals surface area contributed by atoms with Gasteiger partial charge in [0.15, 0.2) is 0 Å². The van der Waals surface area contributed by atoms with Crippen molar-refractivity contribution >= 4 is 5.78 Å². The van der Waals surface area contributed by atoms with Gasteiger partial charge in [-0.3, -0.25) is 9.69 Å². The zero-order valence-corrected chi connectivity index (χ0v) is 12.9. The number of ether oxygens (including phenoxy) is 1. The van der Waals surface area contributed by atoms with Crippen molar-refractivity contribution in [2.45, 2.75) is 64.2 Å². The van der Waals surface area contributed by atoms with Crippen molar-refractivity contribution in [2.75, 3.05) is 32.8 Å². The van der Waals surface area contributed by atoms with E-state index in [4.69, 9.17) is 4.74 Å². The molecule has 3 heteroatoms. The minimum Gasteiger partial charge on any atom is -0.379 e. The fourth-order valence-corrected chi connectivity index (χ4v) is 3.40. The van der Waals surface area contributed by atoms with Crippen LogP contribution in [-0.2, 0) is 9.53 Å². The van der Waals surface area contributed by atoms with Crippen LogP contribution in [0.25, 0.3) is 0 Å². The van der Waals surface area contributed by atoms with Gasteiger partial charge in [-0.05, 0) is 12.8 Å². The lowest BCUT2D eigenvalue weighted by atomic mass is 9.91. The Labute approximate surface area is 124 Å². The summed E-state index contributed by atoms with van der Waals surface area (Å²) in [5, 5.41) is 0. The highest BCUT2D eigenvalue weighted by Crippen LogP contribution is 2.20. The smallest absolute Gasteiger partial charge is 0.137 e. The summed E-state index contributed by atoms with van der Waals surface area (Å²) < 4.78 is 5.40. The topological polar surface area (TPSA) is 29.5 Å². The molecule has 0 radical (unpaired) electrons. The van der Waals surface area contributed by atoms with Crippen LogP contribution >= 0.6 is 0 Å². The fourth-order valence-electron chi connectivity index (χ4n) is 3.40. The van der Waals surface area contributed by atoms with Gasteiger partial charge in [-0.25, -0.2) is 0 Å². The van der Waals surface area contributed by atoms with E-state index in [1.165, 1.54) is 44.9 Å². The molecular weight excluding hydrogens is 250 g/mol. The number of carbonyl (C=O) groups excluding carboxylic acids is 1.